The molecule has 3 aromatic rings. The molecule has 0 radical (unpaired) electrons. The van der Waals surface area contributed by atoms with Crippen LogP contribution in [-0.2, 0) is 15.6 Å². The summed E-state index contributed by atoms with van der Waals surface area (Å²) in [5.41, 5.74) is 3.21. The molecule has 1 aliphatic heterocycles. The van der Waals surface area contributed by atoms with Crippen LogP contribution in [0.4, 0.5) is 16.2 Å². The summed E-state index contributed by atoms with van der Waals surface area (Å²) in [7, 11) is 0. The van der Waals surface area contributed by atoms with Crippen LogP contribution in [0.5, 0.6) is 5.75 Å². The molecule has 5 rings (SSSR count). The minimum Gasteiger partial charge on any atom is -0.618 e. The molecule has 30 heavy (non-hydrogen) atoms. The number of aromatic amines is 1. The molecule has 0 saturated heterocycles. The third-order valence-electron chi connectivity index (χ3n) is 6.04. The number of ether oxygens (including phenoxy) is 1. The summed E-state index contributed by atoms with van der Waals surface area (Å²) in [5, 5.41) is 15.4. The maximum atomic E-state index is 13.1. The van der Waals surface area contributed by atoms with Crippen LogP contribution in [0.25, 0.3) is 10.9 Å². The van der Waals surface area contributed by atoms with E-state index in [-0.39, 0.29) is 22.8 Å². The van der Waals surface area contributed by atoms with Crippen molar-refractivity contribution in [2.75, 3.05) is 5.32 Å². The van der Waals surface area contributed by atoms with Crippen LogP contribution in [-0.4, -0.2) is 17.0 Å². The highest BCUT2D eigenvalue weighted by atomic mass is 16.6. The van der Waals surface area contributed by atoms with E-state index in [1.54, 1.807) is 18.2 Å². The lowest BCUT2D eigenvalue weighted by molar-refractivity contribution is -0.680. The third kappa shape index (κ3) is 2.89. The normalized spacial score (nSPS) is 19.5. The highest BCUT2D eigenvalue weighted by Crippen LogP contribution is 2.50. The maximum Gasteiger partial charge on any atom is 0.525 e. The maximum absolute atomic E-state index is 13.1. The molecule has 1 aliphatic carbocycles. The molecular weight excluding hydrogens is 382 g/mol. The summed E-state index contributed by atoms with van der Waals surface area (Å²) in [6.45, 7) is 6.45. The van der Waals surface area contributed by atoms with E-state index in [9.17, 15) is 14.8 Å². The zero-order valence-electron chi connectivity index (χ0n) is 17.1. The van der Waals surface area contributed by atoms with Gasteiger partial charge in [0.05, 0.1) is 5.41 Å². The molecule has 154 valence electrons. The number of quaternary nitrogens is 1. The molecule has 1 saturated carbocycles. The minimum absolute atomic E-state index is 0.0105. The van der Waals surface area contributed by atoms with Crippen molar-refractivity contribution in [1.82, 2.24) is 4.98 Å². The highest BCUT2D eigenvalue weighted by molar-refractivity contribution is 6.02. The van der Waals surface area contributed by atoms with Gasteiger partial charge < -0.3 is 20.2 Å². The SMILES string of the molecule is CC(C)(C)c1cc2cc(NC(=O)C3(c4ccc5c(c4)[NH+]([O-])C(=O)O5)CC3)ccc2[nH]1. The van der Waals surface area contributed by atoms with Gasteiger partial charge in [-0.3, -0.25) is 4.79 Å². The van der Waals surface area contributed by atoms with Gasteiger partial charge in [-0.25, -0.2) is 5.06 Å². The van der Waals surface area contributed by atoms with Gasteiger partial charge in [0.1, 0.15) is 0 Å². The zero-order chi connectivity index (χ0) is 21.3. The lowest BCUT2D eigenvalue weighted by Gasteiger charge is -2.17. The first-order valence-corrected chi connectivity index (χ1v) is 10.0. The van der Waals surface area contributed by atoms with Gasteiger partial charge in [0, 0.05) is 33.8 Å². The molecule has 3 N–H and O–H groups in total. The first kappa shape index (κ1) is 18.8. The summed E-state index contributed by atoms with van der Waals surface area (Å²) in [5.74, 6) is 0.156. The van der Waals surface area contributed by atoms with E-state index in [4.69, 9.17) is 4.74 Å². The monoisotopic (exact) mass is 405 g/mol. The molecule has 1 unspecified atom stereocenters. The summed E-state index contributed by atoms with van der Waals surface area (Å²) >= 11 is 0. The Kier molecular flexibility index (Phi) is 3.87. The van der Waals surface area contributed by atoms with Crippen LogP contribution in [0.2, 0.25) is 0 Å². The van der Waals surface area contributed by atoms with Crippen LogP contribution >= 0.6 is 0 Å². The Bertz CT molecular complexity index is 1200. The van der Waals surface area contributed by atoms with Gasteiger partial charge >= 0.3 is 6.09 Å². The Morgan fingerprint density at radius 3 is 2.63 bits per heavy atom. The number of amides is 2. The molecule has 7 heteroatoms. The molecule has 2 aliphatic rings. The molecule has 1 atom stereocenters. The number of fused-ring (bicyclic) bond motifs is 2. The van der Waals surface area contributed by atoms with E-state index in [1.807, 2.05) is 18.2 Å². The van der Waals surface area contributed by atoms with E-state index in [0.717, 1.165) is 27.8 Å². The van der Waals surface area contributed by atoms with Gasteiger partial charge in [-0.15, -0.1) is 0 Å². The lowest BCUT2D eigenvalue weighted by Crippen LogP contribution is -3.03. The molecule has 1 fully saturated rings. The average Bonchev–Trinajstić information content (AvgIpc) is 3.31. The fraction of sp³-hybridized carbons (Fsp3) is 0.304. The number of hydrogen-bond donors (Lipinski definition) is 3. The molecule has 1 aromatic heterocycles. The Balaban J connectivity index is 1.41. The quantitative estimate of drug-likeness (QED) is 0.579. The van der Waals surface area contributed by atoms with E-state index < -0.39 is 16.6 Å². The fourth-order valence-electron chi connectivity index (χ4n) is 3.99. The van der Waals surface area contributed by atoms with E-state index in [0.29, 0.717) is 12.8 Å². The molecule has 0 bridgehead atoms. The van der Waals surface area contributed by atoms with Crippen LogP contribution in [0.1, 0.15) is 44.9 Å². The van der Waals surface area contributed by atoms with Gasteiger partial charge in [-0.05, 0) is 48.7 Å². The van der Waals surface area contributed by atoms with Crippen molar-refractivity contribution < 1.29 is 19.4 Å². The summed E-state index contributed by atoms with van der Waals surface area (Å²) < 4.78 is 4.94. The molecular formula is C23H23N3O4. The molecule has 7 nitrogen and oxygen atoms in total. The van der Waals surface area contributed by atoms with Crippen molar-refractivity contribution in [2.45, 2.75) is 44.4 Å². The number of benzene rings is 2. The summed E-state index contributed by atoms with van der Waals surface area (Å²) in [6, 6.07) is 12.9. The van der Waals surface area contributed by atoms with Gasteiger partial charge in [0.15, 0.2) is 11.4 Å². The number of carbonyl (C=O) groups excluding carboxylic acids is 2. The first-order chi connectivity index (χ1) is 14.2. The second-order valence-electron chi connectivity index (χ2n) is 9.20. The Morgan fingerprint density at radius 2 is 1.93 bits per heavy atom. The van der Waals surface area contributed by atoms with E-state index >= 15 is 0 Å². The molecule has 2 heterocycles. The predicted molar refractivity (Wildman–Crippen MR) is 113 cm³/mol. The number of H-pyrrole nitrogens is 1. The third-order valence-corrected chi connectivity index (χ3v) is 6.04. The summed E-state index contributed by atoms with van der Waals surface area (Å²) in [4.78, 5) is 28.1. The lowest BCUT2D eigenvalue weighted by atomic mass is 9.92. The topological polar surface area (TPSA) is 98.7 Å². The van der Waals surface area contributed by atoms with Crippen molar-refractivity contribution in [3.63, 3.8) is 0 Å². The fourth-order valence-corrected chi connectivity index (χ4v) is 3.99. The van der Waals surface area contributed by atoms with Crippen molar-refractivity contribution in [3.8, 4) is 5.75 Å². The number of hydrogen-bond acceptors (Lipinski definition) is 4. The van der Waals surface area contributed by atoms with Crippen molar-refractivity contribution in [2.24, 2.45) is 0 Å². The highest BCUT2D eigenvalue weighted by Gasteiger charge is 2.52. The number of aromatic nitrogens is 1. The Morgan fingerprint density at radius 1 is 1.17 bits per heavy atom. The molecule has 2 amide bonds. The predicted octanol–water partition coefficient (Wildman–Crippen LogP) is 3.66. The standard InChI is InChI=1S/C23H23N3O4/c1-22(2,3)19-11-13-10-15(5-6-16(13)25-19)24-20(27)23(8-9-23)14-4-7-18-17(12-14)26(29)21(28)30-18/h4-7,10-12,25-26H,8-9H2,1-3H3,(H,24,27). The van der Waals surface area contributed by atoms with Crippen LogP contribution in [0, 0.1) is 5.21 Å². The van der Waals surface area contributed by atoms with E-state index in [1.165, 1.54) is 0 Å². The number of carbonyl (C=O) groups is 2. The van der Waals surface area contributed by atoms with Gasteiger partial charge in [-0.1, -0.05) is 26.8 Å². The number of anilines is 1. The zero-order valence-corrected chi connectivity index (χ0v) is 17.1. The number of rotatable bonds is 3. The average molecular weight is 405 g/mol. The Labute approximate surface area is 173 Å². The van der Waals surface area contributed by atoms with Crippen molar-refractivity contribution in [3.05, 3.63) is 58.9 Å². The largest absolute Gasteiger partial charge is 0.618 e. The van der Waals surface area contributed by atoms with Crippen LogP contribution in [0.15, 0.2) is 42.5 Å². The Hall–Kier alpha value is -3.16. The molecule has 2 aromatic carbocycles. The van der Waals surface area contributed by atoms with Crippen molar-refractivity contribution in [1.29, 1.82) is 0 Å². The van der Waals surface area contributed by atoms with Gasteiger partial charge in [0.2, 0.25) is 5.91 Å². The smallest absolute Gasteiger partial charge is 0.525 e. The van der Waals surface area contributed by atoms with Gasteiger partial charge in [-0.2, -0.15) is 4.79 Å². The van der Waals surface area contributed by atoms with Gasteiger partial charge in [0.25, 0.3) is 0 Å². The van der Waals surface area contributed by atoms with Crippen LogP contribution < -0.4 is 15.1 Å². The second kappa shape index (κ2) is 6.17. The number of nitrogens with one attached hydrogen (secondary N) is 3. The van der Waals surface area contributed by atoms with E-state index in [2.05, 4.69) is 37.1 Å². The first-order valence-electron chi connectivity index (χ1n) is 10.0. The summed E-state index contributed by atoms with van der Waals surface area (Å²) in [6.07, 6.45) is 0.522. The molecule has 0 spiro atoms. The van der Waals surface area contributed by atoms with Crippen LogP contribution in [0.3, 0.4) is 0 Å². The minimum atomic E-state index is -0.870. The number of hydroxylamine groups is 1. The second-order valence-corrected chi connectivity index (χ2v) is 9.20. The van der Waals surface area contributed by atoms with Crippen molar-refractivity contribution >= 4 is 34.3 Å².